The number of rotatable bonds is 40. The zero-order valence-electron chi connectivity index (χ0n) is 33.1. The van der Waals surface area contributed by atoms with Gasteiger partial charge in [0.05, 0.1) is 19.8 Å². The molecule has 0 heterocycles. The fourth-order valence-corrected chi connectivity index (χ4v) is 6.98. The lowest BCUT2D eigenvalue weighted by Gasteiger charge is -2.20. The number of carbonyl (C=O) groups excluding carboxylic acids is 2. The van der Waals surface area contributed by atoms with E-state index in [0.29, 0.717) is 12.8 Å². The first-order valence-corrected chi connectivity index (χ1v) is 23.8. The van der Waals surface area contributed by atoms with E-state index >= 15 is 0 Å². The highest BCUT2D eigenvalue weighted by Gasteiger charge is 2.28. The third-order valence-corrected chi connectivity index (χ3v) is 10.4. The quantitative estimate of drug-likeness (QED) is 0.0260. The predicted octanol–water partition coefficient (Wildman–Crippen LogP) is 10.0. The number of carbonyl (C=O) groups is 2. The molecule has 3 atom stereocenters. The van der Waals surface area contributed by atoms with E-state index in [1.165, 1.54) is 116 Å². The van der Waals surface area contributed by atoms with Crippen molar-refractivity contribution in [3.63, 3.8) is 0 Å². The summed E-state index contributed by atoms with van der Waals surface area (Å²) >= 11 is 0. The van der Waals surface area contributed by atoms with Gasteiger partial charge >= 0.3 is 27.6 Å². The number of hydrogen-bond acceptors (Lipinski definition) is 10. The Balaban J connectivity index is 4.51. The van der Waals surface area contributed by atoms with Gasteiger partial charge in [0.25, 0.3) is 0 Å². The van der Waals surface area contributed by atoms with Crippen LogP contribution in [-0.4, -0.2) is 70.4 Å². The van der Waals surface area contributed by atoms with Crippen LogP contribution < -0.4 is 0 Å². The summed E-state index contributed by atoms with van der Waals surface area (Å²) in [4.78, 5) is 52.5. The summed E-state index contributed by atoms with van der Waals surface area (Å²) < 4.78 is 47.7. The Labute approximate surface area is 320 Å². The number of unbranched alkanes of at least 4 members (excludes halogenated alkanes) is 24. The zero-order valence-corrected chi connectivity index (χ0v) is 34.9. The molecule has 0 aromatic carbocycles. The van der Waals surface area contributed by atoms with Crippen molar-refractivity contribution in [3.8, 4) is 0 Å². The van der Waals surface area contributed by atoms with Gasteiger partial charge in [0, 0.05) is 12.8 Å². The number of ether oxygens (including phenoxy) is 2. The van der Waals surface area contributed by atoms with Gasteiger partial charge in [-0.25, -0.2) is 9.13 Å². The normalized spacial score (nSPS) is 14.2. The van der Waals surface area contributed by atoms with Gasteiger partial charge in [-0.2, -0.15) is 0 Å². The third-order valence-electron chi connectivity index (χ3n) is 8.99. The maximum absolute atomic E-state index is 12.6. The van der Waals surface area contributed by atoms with E-state index in [4.69, 9.17) is 23.8 Å². The van der Waals surface area contributed by atoms with Crippen LogP contribution in [0.25, 0.3) is 0 Å². The van der Waals surface area contributed by atoms with Crippen LogP contribution in [0.5, 0.6) is 0 Å². The van der Waals surface area contributed by atoms with Crippen LogP contribution in [0.4, 0.5) is 0 Å². The molecule has 0 spiro atoms. The maximum atomic E-state index is 12.6. The molecule has 0 radical (unpaired) electrons. The van der Waals surface area contributed by atoms with Crippen molar-refractivity contribution in [2.45, 2.75) is 206 Å². The highest BCUT2D eigenvalue weighted by atomic mass is 31.2. The Morgan fingerprint density at radius 3 is 1.21 bits per heavy atom. The SMILES string of the molecule is CCCCCCCCCCCCCCCC(=O)OC[C@H](COP(=O)(O)OC[C@@H](O)COP(=O)(O)O)OC(=O)CCCCCCCCCCCCCCC. The van der Waals surface area contributed by atoms with E-state index in [1.54, 1.807) is 0 Å². The molecule has 0 bridgehead atoms. The second kappa shape index (κ2) is 35.5. The topological polar surface area (TPSA) is 195 Å². The zero-order chi connectivity index (χ0) is 39.5. The van der Waals surface area contributed by atoms with Crippen molar-refractivity contribution in [1.29, 1.82) is 0 Å². The van der Waals surface area contributed by atoms with E-state index in [-0.39, 0.29) is 19.4 Å². The van der Waals surface area contributed by atoms with Gasteiger partial charge < -0.3 is 29.3 Å². The third kappa shape index (κ3) is 39.2. The van der Waals surface area contributed by atoms with Crippen LogP contribution >= 0.6 is 15.6 Å². The smallest absolute Gasteiger partial charge is 0.462 e. The minimum absolute atomic E-state index is 0.139. The van der Waals surface area contributed by atoms with Crippen molar-refractivity contribution >= 4 is 27.6 Å². The summed E-state index contributed by atoms with van der Waals surface area (Å²) in [5.41, 5.74) is 0. The van der Waals surface area contributed by atoms with Gasteiger partial charge in [-0.1, -0.05) is 168 Å². The molecule has 1 unspecified atom stereocenters. The Morgan fingerprint density at radius 2 is 0.811 bits per heavy atom. The monoisotopic (exact) mass is 802 g/mol. The molecule has 15 heteroatoms. The molecule has 316 valence electrons. The molecule has 0 aliphatic rings. The van der Waals surface area contributed by atoms with Crippen molar-refractivity contribution in [3.05, 3.63) is 0 Å². The van der Waals surface area contributed by atoms with Crippen molar-refractivity contribution in [2.24, 2.45) is 0 Å². The van der Waals surface area contributed by atoms with Crippen LogP contribution in [0.1, 0.15) is 194 Å². The van der Waals surface area contributed by atoms with E-state index in [1.807, 2.05) is 0 Å². The van der Waals surface area contributed by atoms with Gasteiger partial charge in [0.15, 0.2) is 6.10 Å². The van der Waals surface area contributed by atoms with E-state index in [0.717, 1.165) is 38.5 Å². The molecular weight excluding hydrogens is 726 g/mol. The van der Waals surface area contributed by atoms with Gasteiger partial charge in [0.2, 0.25) is 0 Å². The van der Waals surface area contributed by atoms with Crippen LogP contribution in [0.15, 0.2) is 0 Å². The predicted molar refractivity (Wildman–Crippen MR) is 207 cm³/mol. The standard InChI is InChI=1S/C38H76O13P2/c1-3-5-7-9-11-13-15-17-19-21-23-25-27-29-37(40)47-33-36(34-50-53(45,46)49-32-35(39)31-48-52(42,43)44)51-38(41)30-28-26-24-22-20-18-16-14-12-10-8-6-4-2/h35-36,39H,3-34H2,1-2H3,(H,45,46)(H2,42,43,44)/t35-,36+/m0/s1. The van der Waals surface area contributed by atoms with E-state index < -0.39 is 59.6 Å². The molecule has 0 saturated carbocycles. The first-order chi connectivity index (χ1) is 25.4. The Kier molecular flexibility index (Phi) is 34.9. The number of aliphatic hydroxyl groups is 1. The van der Waals surface area contributed by atoms with E-state index in [9.17, 15) is 28.7 Å². The van der Waals surface area contributed by atoms with Gasteiger partial charge in [-0.3, -0.25) is 23.2 Å². The molecule has 0 rings (SSSR count). The summed E-state index contributed by atoms with van der Waals surface area (Å²) in [6.07, 6.45) is 28.1. The maximum Gasteiger partial charge on any atom is 0.472 e. The second-order valence-electron chi connectivity index (χ2n) is 14.3. The molecule has 4 N–H and O–H groups in total. The Bertz CT molecular complexity index is 962. The minimum atomic E-state index is -4.85. The average molecular weight is 803 g/mol. The summed E-state index contributed by atoms with van der Waals surface area (Å²) in [5.74, 6) is -1.02. The molecule has 0 saturated heterocycles. The summed E-state index contributed by atoms with van der Waals surface area (Å²) in [6.45, 7) is 1.78. The molecular formula is C38H76O13P2. The number of aliphatic hydroxyl groups excluding tert-OH is 1. The molecule has 0 fully saturated rings. The first-order valence-electron chi connectivity index (χ1n) is 20.7. The van der Waals surface area contributed by atoms with Crippen molar-refractivity contribution in [2.75, 3.05) is 26.4 Å². The minimum Gasteiger partial charge on any atom is -0.462 e. The first kappa shape index (κ1) is 52.1. The van der Waals surface area contributed by atoms with Crippen LogP contribution in [0.2, 0.25) is 0 Å². The molecule has 0 aliphatic heterocycles. The summed E-state index contributed by atoms with van der Waals surface area (Å²) in [7, 11) is -9.64. The van der Waals surface area contributed by atoms with E-state index in [2.05, 4.69) is 22.9 Å². The summed E-state index contributed by atoms with van der Waals surface area (Å²) in [6, 6.07) is 0. The number of hydrogen-bond donors (Lipinski definition) is 4. The van der Waals surface area contributed by atoms with Crippen LogP contribution in [-0.2, 0) is 41.8 Å². The number of phosphoric ester groups is 2. The fraction of sp³-hybridized carbons (Fsp3) is 0.947. The average Bonchev–Trinajstić information content (AvgIpc) is 3.11. The lowest BCUT2D eigenvalue weighted by molar-refractivity contribution is -0.161. The lowest BCUT2D eigenvalue weighted by Crippen LogP contribution is -2.30. The molecule has 13 nitrogen and oxygen atoms in total. The highest BCUT2D eigenvalue weighted by molar-refractivity contribution is 7.47. The number of esters is 2. The summed E-state index contributed by atoms with van der Waals surface area (Å²) in [5, 5.41) is 9.72. The number of phosphoric acid groups is 2. The Morgan fingerprint density at radius 1 is 0.472 bits per heavy atom. The van der Waals surface area contributed by atoms with Crippen LogP contribution in [0, 0.1) is 0 Å². The molecule has 0 amide bonds. The lowest BCUT2D eigenvalue weighted by atomic mass is 10.0. The Hall–Kier alpha value is -0.880. The molecule has 0 aliphatic carbocycles. The molecule has 53 heavy (non-hydrogen) atoms. The highest BCUT2D eigenvalue weighted by Crippen LogP contribution is 2.43. The fourth-order valence-electron chi connectivity index (χ4n) is 5.82. The van der Waals surface area contributed by atoms with Crippen LogP contribution in [0.3, 0.4) is 0 Å². The van der Waals surface area contributed by atoms with Gasteiger partial charge in [0.1, 0.15) is 12.7 Å². The molecule has 0 aromatic heterocycles. The largest absolute Gasteiger partial charge is 0.472 e. The van der Waals surface area contributed by atoms with Gasteiger partial charge in [-0.05, 0) is 12.8 Å². The second-order valence-corrected chi connectivity index (χ2v) is 17.0. The van der Waals surface area contributed by atoms with Crippen molar-refractivity contribution in [1.82, 2.24) is 0 Å². The van der Waals surface area contributed by atoms with Crippen molar-refractivity contribution < 1.29 is 61.6 Å². The molecule has 0 aromatic rings. The van der Waals surface area contributed by atoms with Gasteiger partial charge in [-0.15, -0.1) is 0 Å².